The molecule has 0 unspecified atom stereocenters. The number of aromatic nitrogens is 1. The van der Waals surface area contributed by atoms with Gasteiger partial charge in [0.2, 0.25) is 0 Å². The van der Waals surface area contributed by atoms with Gasteiger partial charge < -0.3 is 19.3 Å². The second-order valence-electron chi connectivity index (χ2n) is 7.75. The van der Waals surface area contributed by atoms with E-state index in [0.29, 0.717) is 49.5 Å². The second kappa shape index (κ2) is 10.3. The molecular weight excluding hydrogens is 529 g/mol. The minimum atomic E-state index is -4.06. The molecule has 1 aromatic heterocycles. The van der Waals surface area contributed by atoms with Crippen LogP contribution in [0.3, 0.4) is 0 Å². The predicted octanol–water partition coefficient (Wildman–Crippen LogP) is 6.01. The number of hydrogen-bond acceptors (Lipinski definition) is 6. The van der Waals surface area contributed by atoms with Crippen LogP contribution in [0.25, 0.3) is 10.9 Å². The molecule has 4 rings (SSSR count). The molecule has 0 saturated carbocycles. The summed E-state index contributed by atoms with van der Waals surface area (Å²) < 4.78 is 44.8. The summed E-state index contributed by atoms with van der Waals surface area (Å²) in [7, 11) is -1.14. The smallest absolute Gasteiger partial charge is 0.303 e. The number of methoxy groups -OCH3 is 2. The number of ether oxygens (including phenoxy) is 3. The first-order valence-corrected chi connectivity index (χ1v) is 12.8. The number of carboxylic acids is 1. The van der Waals surface area contributed by atoms with Gasteiger partial charge in [-0.15, -0.1) is 0 Å². The number of rotatable bonds is 9. The van der Waals surface area contributed by atoms with Gasteiger partial charge in [0, 0.05) is 34.1 Å². The highest BCUT2D eigenvalue weighted by Crippen LogP contribution is 2.37. The van der Waals surface area contributed by atoms with Crippen LogP contribution >= 0.6 is 23.2 Å². The number of halogens is 2. The Morgan fingerprint density at radius 3 is 2.11 bits per heavy atom. The van der Waals surface area contributed by atoms with E-state index in [1.807, 2.05) is 0 Å². The number of carboxylic acid groups (broad SMARTS) is 1. The van der Waals surface area contributed by atoms with Gasteiger partial charge in [-0.3, -0.25) is 4.79 Å². The number of aryl methyl sites for hydroxylation is 1. The van der Waals surface area contributed by atoms with Crippen molar-refractivity contribution in [3.63, 3.8) is 0 Å². The molecule has 0 aliphatic heterocycles. The number of carbonyl (C=O) groups is 1. The van der Waals surface area contributed by atoms with Crippen LogP contribution in [0.4, 0.5) is 0 Å². The third kappa shape index (κ3) is 5.23. The lowest BCUT2D eigenvalue weighted by Crippen LogP contribution is -2.12. The summed E-state index contributed by atoms with van der Waals surface area (Å²) in [4.78, 5) is 11.2. The highest BCUT2D eigenvalue weighted by Gasteiger charge is 2.23. The molecule has 3 aromatic carbocycles. The minimum absolute atomic E-state index is 0.00967. The largest absolute Gasteiger partial charge is 0.493 e. The average molecular weight is 550 g/mol. The fourth-order valence-corrected chi connectivity index (χ4v) is 5.63. The monoisotopic (exact) mass is 549 g/mol. The molecule has 8 nitrogen and oxygen atoms in total. The zero-order valence-electron chi connectivity index (χ0n) is 19.2. The van der Waals surface area contributed by atoms with Gasteiger partial charge in [-0.2, -0.15) is 0 Å². The number of aliphatic carboxylic acids is 1. The van der Waals surface area contributed by atoms with Crippen LogP contribution in [0, 0.1) is 0 Å². The molecule has 4 aromatic rings. The van der Waals surface area contributed by atoms with Gasteiger partial charge in [-0.1, -0.05) is 23.2 Å². The Labute approximate surface area is 217 Å². The lowest BCUT2D eigenvalue weighted by atomic mass is 10.1. The summed E-state index contributed by atoms with van der Waals surface area (Å²) in [5.41, 5.74) is 0.886. The van der Waals surface area contributed by atoms with Crippen molar-refractivity contribution in [2.75, 3.05) is 14.2 Å². The van der Waals surface area contributed by atoms with Gasteiger partial charge in [0.05, 0.1) is 24.6 Å². The Balaban J connectivity index is 1.75. The Morgan fingerprint density at radius 2 is 1.53 bits per heavy atom. The first-order valence-electron chi connectivity index (χ1n) is 10.6. The third-order valence-corrected chi connectivity index (χ3v) is 7.54. The molecule has 0 aliphatic carbocycles. The molecule has 1 heterocycles. The Hall–Kier alpha value is -3.40. The van der Waals surface area contributed by atoms with E-state index >= 15 is 0 Å². The van der Waals surface area contributed by atoms with Gasteiger partial charge in [0.1, 0.15) is 11.5 Å². The molecule has 0 saturated heterocycles. The van der Waals surface area contributed by atoms with Crippen molar-refractivity contribution < 1.29 is 32.5 Å². The number of benzene rings is 3. The van der Waals surface area contributed by atoms with Crippen molar-refractivity contribution in [1.29, 1.82) is 0 Å². The number of hydrogen-bond donors (Lipinski definition) is 1. The summed E-state index contributed by atoms with van der Waals surface area (Å²) in [6.07, 6.45) is 1.41. The maximum atomic E-state index is 13.6. The maximum absolute atomic E-state index is 13.6. The van der Waals surface area contributed by atoms with E-state index in [9.17, 15) is 13.2 Å². The highest BCUT2D eigenvalue weighted by molar-refractivity contribution is 7.90. The summed E-state index contributed by atoms with van der Waals surface area (Å²) in [5.74, 6) is 0.547. The molecule has 0 fully saturated rings. The molecule has 188 valence electrons. The number of fused-ring (bicyclic) bond motifs is 1. The first-order chi connectivity index (χ1) is 17.1. The van der Waals surface area contributed by atoms with Crippen LogP contribution in [0.2, 0.25) is 10.0 Å². The van der Waals surface area contributed by atoms with Gasteiger partial charge in [-0.25, -0.2) is 12.4 Å². The lowest BCUT2D eigenvalue weighted by molar-refractivity contribution is -0.136. The molecule has 0 aliphatic rings. The molecule has 0 amide bonds. The van der Waals surface area contributed by atoms with Crippen molar-refractivity contribution in [2.24, 2.45) is 0 Å². The molecule has 0 bridgehead atoms. The zero-order chi connectivity index (χ0) is 26.0. The maximum Gasteiger partial charge on any atom is 0.303 e. The quantitative estimate of drug-likeness (QED) is 0.272. The molecule has 36 heavy (non-hydrogen) atoms. The van der Waals surface area contributed by atoms with Crippen molar-refractivity contribution >= 4 is 50.1 Å². The fraction of sp³-hybridized carbons (Fsp3) is 0.160. The van der Waals surface area contributed by atoms with Crippen LogP contribution in [0.1, 0.15) is 12.0 Å². The Morgan fingerprint density at radius 1 is 0.917 bits per heavy atom. The first kappa shape index (κ1) is 25.7. The average Bonchev–Trinajstić information content (AvgIpc) is 3.19. The second-order valence-corrected chi connectivity index (χ2v) is 10.4. The van der Waals surface area contributed by atoms with Crippen LogP contribution in [0.5, 0.6) is 23.0 Å². The fourth-order valence-electron chi connectivity index (χ4n) is 3.74. The van der Waals surface area contributed by atoms with Crippen molar-refractivity contribution in [3.8, 4) is 23.0 Å². The molecule has 0 radical (unpaired) electrons. The van der Waals surface area contributed by atoms with E-state index in [-0.39, 0.29) is 17.7 Å². The standard InChI is InChI=1S/C25H21Cl2NO7S/c1-33-23-12-21-15(3-8-25(29)30)14-28(22(21)13-24(23)34-2)36(31,32)20-6-4-18(5-7-20)35-19-10-16(26)9-17(27)11-19/h4-7,9-14H,3,8H2,1-2H3,(H,29,30). The van der Waals surface area contributed by atoms with E-state index in [4.69, 9.17) is 42.5 Å². The van der Waals surface area contributed by atoms with Gasteiger partial charge in [-0.05, 0) is 60.5 Å². The van der Waals surface area contributed by atoms with E-state index in [0.717, 1.165) is 3.97 Å². The lowest BCUT2D eigenvalue weighted by Gasteiger charge is -2.11. The molecule has 0 atom stereocenters. The van der Waals surface area contributed by atoms with Crippen LogP contribution < -0.4 is 14.2 Å². The van der Waals surface area contributed by atoms with E-state index in [1.54, 1.807) is 30.3 Å². The van der Waals surface area contributed by atoms with Crippen LogP contribution in [0.15, 0.2) is 65.7 Å². The third-order valence-electron chi connectivity index (χ3n) is 5.42. The topological polar surface area (TPSA) is 104 Å². The minimum Gasteiger partial charge on any atom is -0.493 e. The van der Waals surface area contributed by atoms with Crippen molar-refractivity contribution in [2.45, 2.75) is 17.7 Å². The molecule has 0 spiro atoms. The Bertz CT molecular complexity index is 1530. The van der Waals surface area contributed by atoms with Crippen molar-refractivity contribution in [3.05, 3.63) is 76.4 Å². The van der Waals surface area contributed by atoms with Crippen LogP contribution in [-0.4, -0.2) is 37.7 Å². The van der Waals surface area contributed by atoms with E-state index < -0.39 is 16.0 Å². The van der Waals surface area contributed by atoms with Crippen LogP contribution in [-0.2, 0) is 21.2 Å². The van der Waals surface area contributed by atoms with Crippen molar-refractivity contribution in [1.82, 2.24) is 3.97 Å². The van der Waals surface area contributed by atoms with Gasteiger partial charge >= 0.3 is 5.97 Å². The molecule has 1 N–H and O–H groups in total. The summed E-state index contributed by atoms with van der Waals surface area (Å²) in [6, 6.07) is 13.8. The molecular formula is C25H21Cl2NO7S. The van der Waals surface area contributed by atoms with Gasteiger partial charge in [0.25, 0.3) is 10.0 Å². The highest BCUT2D eigenvalue weighted by atomic mass is 35.5. The Kier molecular flexibility index (Phi) is 7.35. The molecule has 11 heteroatoms. The van der Waals surface area contributed by atoms with E-state index in [1.165, 1.54) is 44.7 Å². The van der Waals surface area contributed by atoms with E-state index in [2.05, 4.69) is 0 Å². The normalized spacial score (nSPS) is 11.4. The predicted molar refractivity (Wildman–Crippen MR) is 137 cm³/mol. The van der Waals surface area contributed by atoms with Gasteiger partial charge in [0.15, 0.2) is 11.5 Å². The SMILES string of the molecule is COc1cc2c(CCC(=O)O)cn(S(=O)(=O)c3ccc(Oc4cc(Cl)cc(Cl)c4)cc3)c2cc1OC. The summed E-state index contributed by atoms with van der Waals surface area (Å²) in [5, 5.41) is 10.5. The number of nitrogens with zero attached hydrogens (tertiary/aromatic N) is 1. The summed E-state index contributed by atoms with van der Waals surface area (Å²) in [6.45, 7) is 0. The zero-order valence-corrected chi connectivity index (χ0v) is 21.5. The summed E-state index contributed by atoms with van der Waals surface area (Å²) >= 11 is 12.0.